The highest BCUT2D eigenvalue weighted by molar-refractivity contribution is 5.93. The van der Waals surface area contributed by atoms with Crippen molar-refractivity contribution >= 4 is 23.5 Å². The van der Waals surface area contributed by atoms with E-state index in [1.807, 2.05) is 32.0 Å². The number of anilines is 1. The van der Waals surface area contributed by atoms with Crippen molar-refractivity contribution in [2.45, 2.75) is 26.7 Å². The molecule has 0 unspecified atom stereocenters. The van der Waals surface area contributed by atoms with E-state index >= 15 is 0 Å². The maximum Gasteiger partial charge on any atom is 0.270 e. The van der Waals surface area contributed by atoms with Gasteiger partial charge in [0.25, 0.3) is 11.6 Å². The summed E-state index contributed by atoms with van der Waals surface area (Å²) >= 11 is 0. The molecule has 0 aliphatic rings. The quantitative estimate of drug-likeness (QED) is 0.444. The van der Waals surface area contributed by atoms with Crippen LogP contribution in [-0.4, -0.2) is 23.7 Å². The predicted molar refractivity (Wildman–Crippen MR) is 100 cm³/mol. The molecule has 0 radical (unpaired) electrons. The van der Waals surface area contributed by atoms with Crippen molar-refractivity contribution in [1.82, 2.24) is 0 Å². The smallest absolute Gasteiger partial charge is 0.270 e. The van der Waals surface area contributed by atoms with Crippen LogP contribution in [0, 0.1) is 10.1 Å². The third kappa shape index (κ3) is 5.14. The number of nitrogens with one attached hydrogen (secondary N) is 1. The molecule has 0 spiro atoms. The van der Waals surface area contributed by atoms with Gasteiger partial charge in [0.05, 0.1) is 11.1 Å². The van der Waals surface area contributed by atoms with Crippen molar-refractivity contribution in [2.75, 3.05) is 11.9 Å². The molecule has 2 aromatic carbocycles. The number of benzene rings is 2. The number of aryl methyl sites for hydroxylation is 2. The van der Waals surface area contributed by atoms with Gasteiger partial charge in [-0.1, -0.05) is 49.3 Å². The number of rotatable bonds is 8. The Kier molecular flexibility index (Phi) is 6.84. The fourth-order valence-electron chi connectivity index (χ4n) is 2.49. The molecule has 0 fully saturated rings. The minimum Gasteiger partial charge on any atom is -0.386 e. The highest BCUT2D eigenvalue weighted by Crippen LogP contribution is 2.22. The molecular formula is C19H21N3O4. The Labute approximate surface area is 151 Å². The Balaban J connectivity index is 1.94. The monoisotopic (exact) mass is 355 g/mol. The van der Waals surface area contributed by atoms with E-state index in [2.05, 4.69) is 10.5 Å². The van der Waals surface area contributed by atoms with Crippen LogP contribution in [0.4, 0.5) is 11.4 Å². The Morgan fingerprint density at radius 1 is 1.19 bits per heavy atom. The van der Waals surface area contributed by atoms with Crippen molar-refractivity contribution in [3.63, 3.8) is 0 Å². The summed E-state index contributed by atoms with van der Waals surface area (Å²) in [6.07, 6.45) is 2.96. The molecule has 0 saturated heterocycles. The summed E-state index contributed by atoms with van der Waals surface area (Å²) in [5.41, 5.74) is 3.45. The topological polar surface area (TPSA) is 93.8 Å². The van der Waals surface area contributed by atoms with E-state index in [1.54, 1.807) is 12.1 Å². The van der Waals surface area contributed by atoms with Gasteiger partial charge in [-0.25, -0.2) is 0 Å². The van der Waals surface area contributed by atoms with E-state index < -0.39 is 4.92 Å². The molecule has 2 aromatic rings. The zero-order chi connectivity index (χ0) is 18.9. The predicted octanol–water partition coefficient (Wildman–Crippen LogP) is 3.71. The van der Waals surface area contributed by atoms with Crippen molar-refractivity contribution < 1.29 is 14.6 Å². The van der Waals surface area contributed by atoms with Crippen LogP contribution in [0.5, 0.6) is 0 Å². The van der Waals surface area contributed by atoms with E-state index in [1.165, 1.54) is 18.3 Å². The molecule has 0 atom stereocenters. The van der Waals surface area contributed by atoms with Gasteiger partial charge in [0.1, 0.15) is 0 Å². The Hall–Kier alpha value is -3.22. The number of para-hydroxylation sites is 1. The molecule has 7 nitrogen and oxygen atoms in total. The van der Waals surface area contributed by atoms with Crippen LogP contribution in [0.25, 0.3) is 0 Å². The maximum atomic E-state index is 12.1. The van der Waals surface area contributed by atoms with Gasteiger partial charge >= 0.3 is 0 Å². The number of nitrogens with zero attached hydrogens (tertiary/aromatic N) is 2. The number of carbonyl (C=O) groups is 1. The van der Waals surface area contributed by atoms with Crippen molar-refractivity contribution in [3.05, 3.63) is 69.3 Å². The number of hydrogen-bond donors (Lipinski definition) is 1. The molecule has 1 amide bonds. The molecule has 0 heterocycles. The molecular weight excluding hydrogens is 334 g/mol. The Morgan fingerprint density at radius 2 is 1.85 bits per heavy atom. The van der Waals surface area contributed by atoms with Crippen LogP contribution in [0.2, 0.25) is 0 Å². The second-order valence-electron chi connectivity index (χ2n) is 5.57. The van der Waals surface area contributed by atoms with Crippen molar-refractivity contribution in [1.29, 1.82) is 0 Å². The third-order valence-corrected chi connectivity index (χ3v) is 3.82. The van der Waals surface area contributed by atoms with Gasteiger partial charge in [-0.15, -0.1) is 0 Å². The number of nitro benzene ring substituents is 1. The van der Waals surface area contributed by atoms with Crippen LogP contribution in [-0.2, 0) is 22.5 Å². The highest BCUT2D eigenvalue weighted by Gasteiger charge is 2.10. The standard InChI is InChI=1S/C19H21N3O4/c1-3-15-8-6-9-16(4-2)19(15)21-18(23)13-26-20-12-14-7-5-10-17(11-14)22(24)25/h5-12H,3-4,13H2,1-2H3,(H,21,23)/b20-12-. The zero-order valence-electron chi connectivity index (χ0n) is 14.8. The summed E-state index contributed by atoms with van der Waals surface area (Å²) in [5.74, 6) is -0.309. The number of hydrogen-bond acceptors (Lipinski definition) is 5. The van der Waals surface area contributed by atoms with Gasteiger partial charge in [-0.3, -0.25) is 14.9 Å². The number of amides is 1. The minimum atomic E-state index is -0.484. The van der Waals surface area contributed by atoms with Crippen LogP contribution >= 0.6 is 0 Å². The maximum absolute atomic E-state index is 12.1. The summed E-state index contributed by atoms with van der Waals surface area (Å²) in [4.78, 5) is 27.4. The summed E-state index contributed by atoms with van der Waals surface area (Å²) in [7, 11) is 0. The van der Waals surface area contributed by atoms with Crippen molar-refractivity contribution in [2.24, 2.45) is 5.16 Å². The molecule has 26 heavy (non-hydrogen) atoms. The number of oxime groups is 1. The van der Waals surface area contributed by atoms with E-state index in [0.717, 1.165) is 29.7 Å². The van der Waals surface area contributed by atoms with Crippen LogP contribution < -0.4 is 5.32 Å². The van der Waals surface area contributed by atoms with Gasteiger partial charge < -0.3 is 10.2 Å². The van der Waals surface area contributed by atoms with E-state index in [9.17, 15) is 14.9 Å². The molecule has 0 aliphatic carbocycles. The first-order valence-corrected chi connectivity index (χ1v) is 8.35. The summed E-state index contributed by atoms with van der Waals surface area (Å²) < 4.78 is 0. The Bertz CT molecular complexity index is 796. The zero-order valence-corrected chi connectivity index (χ0v) is 14.8. The van der Waals surface area contributed by atoms with Gasteiger partial charge in [-0.05, 0) is 24.0 Å². The Morgan fingerprint density at radius 3 is 2.46 bits per heavy atom. The van der Waals surface area contributed by atoms with Gasteiger partial charge in [0.15, 0.2) is 6.61 Å². The van der Waals surface area contributed by atoms with Crippen LogP contribution in [0.1, 0.15) is 30.5 Å². The highest BCUT2D eigenvalue weighted by atomic mass is 16.6. The average molecular weight is 355 g/mol. The van der Waals surface area contributed by atoms with Gasteiger partial charge in [-0.2, -0.15) is 0 Å². The molecule has 0 saturated carbocycles. The second-order valence-corrected chi connectivity index (χ2v) is 5.57. The minimum absolute atomic E-state index is 0.0324. The first-order chi connectivity index (χ1) is 12.5. The normalized spacial score (nSPS) is 10.7. The first kappa shape index (κ1) is 19.1. The lowest BCUT2D eigenvalue weighted by molar-refractivity contribution is -0.384. The van der Waals surface area contributed by atoms with Crippen LogP contribution in [0.15, 0.2) is 47.6 Å². The summed E-state index contributed by atoms with van der Waals surface area (Å²) in [6, 6.07) is 11.9. The largest absolute Gasteiger partial charge is 0.386 e. The lowest BCUT2D eigenvalue weighted by atomic mass is 10.0. The van der Waals surface area contributed by atoms with E-state index in [0.29, 0.717) is 5.56 Å². The summed E-state index contributed by atoms with van der Waals surface area (Å²) in [6.45, 7) is 3.82. The summed E-state index contributed by atoms with van der Waals surface area (Å²) in [5, 5.41) is 17.3. The lowest BCUT2D eigenvalue weighted by Gasteiger charge is -2.13. The number of non-ortho nitro benzene ring substituents is 1. The van der Waals surface area contributed by atoms with E-state index in [4.69, 9.17) is 4.84 Å². The molecule has 1 N–H and O–H groups in total. The fourth-order valence-corrected chi connectivity index (χ4v) is 2.49. The number of nitro groups is 1. The molecule has 2 rings (SSSR count). The van der Waals surface area contributed by atoms with Gasteiger partial charge in [0, 0.05) is 23.4 Å². The molecule has 0 aromatic heterocycles. The van der Waals surface area contributed by atoms with Crippen LogP contribution in [0.3, 0.4) is 0 Å². The molecule has 136 valence electrons. The average Bonchev–Trinajstić information content (AvgIpc) is 2.65. The molecule has 7 heteroatoms. The lowest BCUT2D eigenvalue weighted by Crippen LogP contribution is -2.19. The fraction of sp³-hybridized carbons (Fsp3) is 0.263. The number of carbonyl (C=O) groups excluding carboxylic acids is 1. The van der Waals surface area contributed by atoms with E-state index in [-0.39, 0.29) is 18.2 Å². The molecule has 0 aliphatic heterocycles. The third-order valence-electron chi connectivity index (χ3n) is 3.82. The first-order valence-electron chi connectivity index (χ1n) is 8.35. The van der Waals surface area contributed by atoms with Crippen molar-refractivity contribution in [3.8, 4) is 0 Å². The SMILES string of the molecule is CCc1cccc(CC)c1NC(=O)CO/N=C\c1cccc([N+](=O)[O-])c1. The van der Waals surface area contributed by atoms with Gasteiger partial charge in [0.2, 0.25) is 0 Å². The molecule has 0 bridgehead atoms. The second kappa shape index (κ2) is 9.31.